The predicted octanol–water partition coefficient (Wildman–Crippen LogP) is 5.85. The summed E-state index contributed by atoms with van der Waals surface area (Å²) in [4.78, 5) is 0. The second-order valence-electron chi connectivity index (χ2n) is 8.65. The van der Waals surface area contributed by atoms with Gasteiger partial charge in [-0.05, 0) is 64.6 Å². The minimum Gasteiger partial charge on any atom is -0.413 e. The lowest BCUT2D eigenvalue weighted by Crippen LogP contribution is -2.41. The van der Waals surface area contributed by atoms with Gasteiger partial charge in [-0.3, -0.25) is 0 Å². The molecule has 0 spiro atoms. The molecule has 0 amide bonds. The number of hydrogen-bond acceptors (Lipinski definition) is 2. The van der Waals surface area contributed by atoms with Crippen LogP contribution in [0.2, 0.25) is 18.1 Å². The molecule has 0 rings (SSSR count). The number of allylic oxidation sites excluding steroid dienone is 3. The zero-order chi connectivity index (χ0) is 19.0. The van der Waals surface area contributed by atoms with E-state index in [1.54, 1.807) is 6.92 Å². The van der Waals surface area contributed by atoms with E-state index in [9.17, 15) is 5.11 Å². The van der Waals surface area contributed by atoms with Crippen LogP contribution >= 0.6 is 0 Å². The van der Waals surface area contributed by atoms with E-state index >= 15 is 0 Å². The first-order chi connectivity index (χ1) is 10.8. The topological polar surface area (TPSA) is 29.5 Å². The van der Waals surface area contributed by atoms with Gasteiger partial charge in [0, 0.05) is 0 Å². The average molecular weight is 351 g/mol. The van der Waals surface area contributed by atoms with Gasteiger partial charge in [0.15, 0.2) is 8.32 Å². The van der Waals surface area contributed by atoms with Crippen LogP contribution < -0.4 is 0 Å². The molecule has 1 atom stereocenters. The Balaban J connectivity index is 4.24. The van der Waals surface area contributed by atoms with Gasteiger partial charge in [-0.1, -0.05) is 50.0 Å². The summed E-state index contributed by atoms with van der Waals surface area (Å²) in [6.07, 6.45) is 13.2. The molecule has 3 heteroatoms. The average Bonchev–Trinajstić information content (AvgIpc) is 2.44. The van der Waals surface area contributed by atoms with E-state index in [-0.39, 0.29) is 5.04 Å². The van der Waals surface area contributed by atoms with Crippen molar-refractivity contribution in [1.29, 1.82) is 0 Å². The van der Waals surface area contributed by atoms with Crippen molar-refractivity contribution >= 4 is 8.32 Å². The summed E-state index contributed by atoms with van der Waals surface area (Å²) in [5.74, 6) is 2.42. The van der Waals surface area contributed by atoms with Crippen LogP contribution in [0.4, 0.5) is 0 Å². The van der Waals surface area contributed by atoms with E-state index in [1.807, 2.05) is 0 Å². The van der Waals surface area contributed by atoms with Gasteiger partial charge < -0.3 is 9.53 Å². The Kier molecular flexibility index (Phi) is 9.28. The fraction of sp³-hybridized carbons (Fsp3) is 0.714. The van der Waals surface area contributed by atoms with Gasteiger partial charge in [0.25, 0.3) is 0 Å². The van der Waals surface area contributed by atoms with Crippen LogP contribution in [0.5, 0.6) is 0 Å². The van der Waals surface area contributed by atoms with Crippen molar-refractivity contribution in [2.24, 2.45) is 0 Å². The highest BCUT2D eigenvalue weighted by Crippen LogP contribution is 2.36. The molecule has 0 aliphatic heterocycles. The first-order valence-electron chi connectivity index (χ1n) is 8.96. The van der Waals surface area contributed by atoms with Crippen molar-refractivity contribution in [1.82, 2.24) is 0 Å². The van der Waals surface area contributed by atoms with E-state index < -0.39 is 13.9 Å². The Morgan fingerprint density at radius 2 is 1.62 bits per heavy atom. The third-order valence-corrected chi connectivity index (χ3v) is 9.41. The van der Waals surface area contributed by atoms with Crippen molar-refractivity contribution < 1.29 is 9.53 Å². The number of terminal acetylenes is 1. The van der Waals surface area contributed by atoms with Crippen LogP contribution in [0.1, 0.15) is 67.2 Å². The van der Waals surface area contributed by atoms with E-state index in [4.69, 9.17) is 10.8 Å². The first kappa shape index (κ1) is 23.2. The zero-order valence-corrected chi connectivity index (χ0v) is 18.1. The fourth-order valence-electron chi connectivity index (χ4n) is 1.89. The van der Waals surface area contributed by atoms with Crippen molar-refractivity contribution in [2.75, 3.05) is 6.61 Å². The molecule has 0 aromatic heterocycles. The summed E-state index contributed by atoms with van der Waals surface area (Å²) in [5.41, 5.74) is 1.66. The van der Waals surface area contributed by atoms with Gasteiger partial charge in [0.2, 0.25) is 0 Å². The molecule has 1 N–H and O–H groups in total. The van der Waals surface area contributed by atoms with Crippen LogP contribution in [0.3, 0.4) is 0 Å². The Morgan fingerprint density at radius 3 is 2.12 bits per heavy atom. The molecule has 0 aromatic carbocycles. The maximum Gasteiger partial charge on any atom is 0.192 e. The van der Waals surface area contributed by atoms with Crippen LogP contribution in [0, 0.1) is 12.3 Å². The highest BCUT2D eigenvalue weighted by molar-refractivity contribution is 6.74. The molecule has 2 nitrogen and oxygen atoms in total. The molecule has 0 bridgehead atoms. The van der Waals surface area contributed by atoms with E-state index in [2.05, 4.69) is 65.8 Å². The number of rotatable bonds is 9. The molecule has 0 heterocycles. The Morgan fingerprint density at radius 1 is 1.08 bits per heavy atom. The second kappa shape index (κ2) is 9.61. The van der Waals surface area contributed by atoms with Crippen molar-refractivity contribution in [3.8, 4) is 12.3 Å². The highest BCUT2D eigenvalue weighted by Gasteiger charge is 2.36. The lowest BCUT2D eigenvalue weighted by atomic mass is 10.00. The monoisotopic (exact) mass is 350 g/mol. The Bertz CT molecular complexity index is 485. The van der Waals surface area contributed by atoms with Crippen LogP contribution in [-0.2, 0) is 4.43 Å². The minimum atomic E-state index is -1.66. The minimum absolute atomic E-state index is 0.256. The van der Waals surface area contributed by atoms with Gasteiger partial charge in [-0.2, -0.15) is 0 Å². The van der Waals surface area contributed by atoms with Crippen molar-refractivity contribution in [3.63, 3.8) is 0 Å². The summed E-state index contributed by atoms with van der Waals surface area (Å²) >= 11 is 0. The predicted molar refractivity (Wildman–Crippen MR) is 109 cm³/mol. The molecule has 0 aliphatic carbocycles. The smallest absolute Gasteiger partial charge is 0.192 e. The highest BCUT2D eigenvalue weighted by atomic mass is 28.4. The summed E-state index contributed by atoms with van der Waals surface area (Å²) in [6.45, 7) is 18.1. The maximum absolute atomic E-state index is 9.78. The summed E-state index contributed by atoms with van der Waals surface area (Å²) in [5, 5.41) is 10.0. The van der Waals surface area contributed by atoms with Crippen LogP contribution in [-0.4, -0.2) is 25.6 Å². The third kappa shape index (κ3) is 9.47. The normalized spacial score (nSPS) is 16.7. The molecule has 0 saturated carbocycles. The molecule has 0 radical (unpaired) electrons. The molecule has 0 aliphatic rings. The summed E-state index contributed by atoms with van der Waals surface area (Å²) < 4.78 is 6.24. The fourth-order valence-corrected chi connectivity index (χ4v) is 2.91. The number of hydrogen-bond donors (Lipinski definition) is 1. The number of aliphatic hydroxyl groups is 1. The molecular weight excluding hydrogens is 312 g/mol. The van der Waals surface area contributed by atoms with Crippen LogP contribution in [0.25, 0.3) is 0 Å². The van der Waals surface area contributed by atoms with Gasteiger partial charge >= 0.3 is 0 Å². The van der Waals surface area contributed by atoms with Crippen molar-refractivity contribution in [3.05, 3.63) is 23.3 Å². The van der Waals surface area contributed by atoms with Gasteiger partial charge in [0.05, 0.1) is 6.61 Å². The summed E-state index contributed by atoms with van der Waals surface area (Å²) in [7, 11) is -1.66. The third-order valence-electron chi connectivity index (χ3n) is 4.93. The lowest BCUT2D eigenvalue weighted by Gasteiger charge is -2.36. The molecular formula is C21H38O2Si. The SMILES string of the molecule is C#CC(C)(O)CC/C=C(\C)CC/C=C(\C)CO[Si](C)(C)C(C)(C)C. The van der Waals surface area contributed by atoms with Crippen LogP contribution in [0.15, 0.2) is 23.3 Å². The zero-order valence-electron chi connectivity index (χ0n) is 17.1. The summed E-state index contributed by atoms with van der Waals surface area (Å²) in [6, 6.07) is 0. The van der Waals surface area contributed by atoms with Gasteiger partial charge in [-0.15, -0.1) is 6.42 Å². The van der Waals surface area contributed by atoms with E-state index in [0.29, 0.717) is 6.42 Å². The molecule has 24 heavy (non-hydrogen) atoms. The molecule has 138 valence electrons. The largest absolute Gasteiger partial charge is 0.413 e. The standard InChI is InChI=1S/C21H38O2Si/c1-10-21(7,22)16-12-15-18(2)13-11-14-19(3)17-23-24(8,9)20(4,5)6/h1,14-15,22H,11-13,16-17H2,2-9H3/b18-15+,19-14+. The first-order valence-corrected chi connectivity index (χ1v) is 11.9. The quantitative estimate of drug-likeness (QED) is 0.321. The molecule has 1 unspecified atom stereocenters. The van der Waals surface area contributed by atoms with E-state index in [1.165, 1.54) is 11.1 Å². The molecule has 0 aromatic rings. The van der Waals surface area contributed by atoms with E-state index in [0.717, 1.165) is 25.9 Å². The second-order valence-corrected chi connectivity index (χ2v) is 13.5. The molecule has 0 saturated heterocycles. The lowest BCUT2D eigenvalue weighted by molar-refractivity contribution is 0.113. The van der Waals surface area contributed by atoms with Crippen molar-refractivity contribution in [2.45, 2.75) is 91.0 Å². The maximum atomic E-state index is 9.78. The van der Waals surface area contributed by atoms with Gasteiger partial charge in [-0.25, -0.2) is 0 Å². The molecule has 0 fully saturated rings. The Hall–Kier alpha value is -0.823. The Labute approximate surface area is 151 Å². The van der Waals surface area contributed by atoms with Gasteiger partial charge in [0.1, 0.15) is 5.60 Å².